The van der Waals surface area contributed by atoms with Crippen LogP contribution >= 0.6 is 0 Å². The lowest BCUT2D eigenvalue weighted by Crippen LogP contribution is -2.46. The van der Waals surface area contributed by atoms with Gasteiger partial charge < -0.3 is 9.88 Å². The number of aromatic nitrogens is 2. The molecule has 1 aromatic carbocycles. The van der Waals surface area contributed by atoms with Crippen LogP contribution in [0.4, 0.5) is 19.0 Å². The van der Waals surface area contributed by atoms with Crippen LogP contribution in [0.15, 0.2) is 41.5 Å². The molecule has 0 saturated carbocycles. The molecule has 1 N–H and O–H groups in total. The van der Waals surface area contributed by atoms with Gasteiger partial charge in [-0.2, -0.15) is 13.2 Å². The fraction of sp³-hybridized carbons (Fsp3) is 0.375. The molecule has 2 aromatic rings. The Labute approximate surface area is 136 Å². The van der Waals surface area contributed by atoms with Crippen LogP contribution in [-0.2, 0) is 12.7 Å². The Morgan fingerprint density at radius 1 is 1.12 bits per heavy atom. The minimum absolute atomic E-state index is 0.221. The van der Waals surface area contributed by atoms with Crippen molar-refractivity contribution in [2.45, 2.75) is 12.7 Å². The molecule has 0 atom stereocenters. The van der Waals surface area contributed by atoms with Gasteiger partial charge in [0.1, 0.15) is 5.82 Å². The number of anilines is 1. The van der Waals surface area contributed by atoms with Gasteiger partial charge >= 0.3 is 6.18 Å². The molecular weight excluding hydrogens is 321 g/mol. The molecule has 3 rings (SSSR count). The number of hydrogen-bond acceptors (Lipinski definition) is 4. The first-order valence-electron chi connectivity index (χ1n) is 7.60. The molecule has 5 nitrogen and oxygen atoms in total. The summed E-state index contributed by atoms with van der Waals surface area (Å²) in [5, 5.41) is 0. The van der Waals surface area contributed by atoms with Crippen LogP contribution in [0.2, 0.25) is 0 Å². The summed E-state index contributed by atoms with van der Waals surface area (Å²) >= 11 is 0. The molecule has 1 aromatic heterocycles. The molecule has 1 saturated heterocycles. The molecule has 0 aliphatic carbocycles. The van der Waals surface area contributed by atoms with Gasteiger partial charge in [-0.1, -0.05) is 18.2 Å². The Kier molecular flexibility index (Phi) is 4.57. The van der Waals surface area contributed by atoms with Crippen molar-refractivity contribution in [3.8, 4) is 0 Å². The largest absolute Gasteiger partial charge is 0.416 e. The fourth-order valence-electron chi connectivity index (χ4n) is 2.84. The minimum Gasteiger partial charge on any atom is -0.354 e. The summed E-state index contributed by atoms with van der Waals surface area (Å²) in [6.45, 7) is 2.71. The van der Waals surface area contributed by atoms with E-state index in [9.17, 15) is 18.0 Å². The van der Waals surface area contributed by atoms with Gasteiger partial charge in [0.15, 0.2) is 0 Å². The zero-order chi connectivity index (χ0) is 17.2. The summed E-state index contributed by atoms with van der Waals surface area (Å²) in [7, 11) is 0. The van der Waals surface area contributed by atoms with E-state index in [4.69, 9.17) is 0 Å². The number of halogens is 3. The van der Waals surface area contributed by atoms with E-state index in [1.54, 1.807) is 6.07 Å². The Hall–Kier alpha value is -2.35. The van der Waals surface area contributed by atoms with E-state index in [1.165, 1.54) is 24.5 Å². The van der Waals surface area contributed by atoms with E-state index in [1.807, 2.05) is 9.80 Å². The normalized spacial score (nSPS) is 16.4. The number of nitrogens with zero attached hydrogens (tertiary/aromatic N) is 3. The molecule has 24 heavy (non-hydrogen) atoms. The fourth-order valence-corrected chi connectivity index (χ4v) is 2.84. The number of aromatic amines is 1. The number of hydrogen-bond donors (Lipinski definition) is 1. The molecule has 1 aliphatic heterocycles. The molecule has 1 fully saturated rings. The van der Waals surface area contributed by atoms with Gasteiger partial charge in [0.05, 0.1) is 11.9 Å². The summed E-state index contributed by atoms with van der Waals surface area (Å²) in [5.74, 6) is 0.592. The summed E-state index contributed by atoms with van der Waals surface area (Å²) in [5.41, 5.74) is -0.516. The van der Waals surface area contributed by atoms with E-state index < -0.39 is 11.7 Å². The van der Waals surface area contributed by atoms with Crippen molar-refractivity contribution < 1.29 is 13.2 Å². The smallest absolute Gasteiger partial charge is 0.354 e. The predicted molar refractivity (Wildman–Crippen MR) is 83.8 cm³/mol. The molecular formula is C16H17F3N4O. The number of piperazine rings is 1. The summed E-state index contributed by atoms with van der Waals surface area (Å²) in [6.07, 6.45) is -2.99. The van der Waals surface area contributed by atoms with Gasteiger partial charge in [-0.25, -0.2) is 4.98 Å². The third kappa shape index (κ3) is 3.76. The topological polar surface area (TPSA) is 52.2 Å². The van der Waals surface area contributed by atoms with Crippen LogP contribution in [-0.4, -0.2) is 41.0 Å². The summed E-state index contributed by atoms with van der Waals surface area (Å²) < 4.78 is 39.2. The zero-order valence-corrected chi connectivity index (χ0v) is 12.9. The molecule has 0 radical (unpaired) electrons. The van der Waals surface area contributed by atoms with Crippen molar-refractivity contribution in [3.05, 3.63) is 58.1 Å². The lowest BCUT2D eigenvalue weighted by atomic mass is 10.1. The maximum absolute atomic E-state index is 13.1. The molecule has 0 bridgehead atoms. The zero-order valence-electron chi connectivity index (χ0n) is 12.9. The average molecular weight is 338 g/mol. The number of benzene rings is 1. The van der Waals surface area contributed by atoms with Crippen LogP contribution in [0, 0.1) is 0 Å². The Balaban J connectivity index is 1.65. The second-order valence-electron chi connectivity index (χ2n) is 5.69. The number of nitrogens with one attached hydrogen (secondary N) is 1. The highest BCUT2D eigenvalue weighted by Crippen LogP contribution is 2.32. The second-order valence-corrected chi connectivity index (χ2v) is 5.69. The van der Waals surface area contributed by atoms with Gasteiger partial charge in [0.2, 0.25) is 0 Å². The van der Waals surface area contributed by atoms with Crippen molar-refractivity contribution in [2.24, 2.45) is 0 Å². The van der Waals surface area contributed by atoms with E-state index in [-0.39, 0.29) is 17.7 Å². The minimum atomic E-state index is -4.34. The molecule has 8 heteroatoms. The van der Waals surface area contributed by atoms with Crippen LogP contribution in [0.25, 0.3) is 0 Å². The van der Waals surface area contributed by atoms with E-state index in [0.717, 1.165) is 6.07 Å². The molecule has 128 valence electrons. The van der Waals surface area contributed by atoms with Crippen LogP contribution in [0.1, 0.15) is 11.1 Å². The Morgan fingerprint density at radius 3 is 2.50 bits per heavy atom. The second kappa shape index (κ2) is 6.64. The van der Waals surface area contributed by atoms with Gasteiger partial charge in [-0.3, -0.25) is 9.69 Å². The summed E-state index contributed by atoms with van der Waals surface area (Å²) in [4.78, 5) is 21.9. The van der Waals surface area contributed by atoms with Crippen LogP contribution in [0.3, 0.4) is 0 Å². The number of H-pyrrole nitrogens is 1. The Bertz CT molecular complexity index is 751. The average Bonchev–Trinajstić information content (AvgIpc) is 2.55. The Morgan fingerprint density at radius 2 is 1.83 bits per heavy atom. The van der Waals surface area contributed by atoms with Crippen molar-refractivity contribution in [1.29, 1.82) is 0 Å². The van der Waals surface area contributed by atoms with Gasteiger partial charge in [-0.05, 0) is 11.6 Å². The highest BCUT2D eigenvalue weighted by molar-refractivity contribution is 5.37. The van der Waals surface area contributed by atoms with Crippen molar-refractivity contribution in [2.75, 3.05) is 31.1 Å². The first kappa shape index (κ1) is 16.5. The van der Waals surface area contributed by atoms with Crippen molar-refractivity contribution in [1.82, 2.24) is 14.9 Å². The maximum Gasteiger partial charge on any atom is 0.416 e. The molecule has 1 aliphatic rings. The van der Waals surface area contributed by atoms with E-state index in [2.05, 4.69) is 9.97 Å². The standard InChI is InChI=1S/C16H17F3N4O/c17-16(18,19)13-4-2-1-3-12(13)10-22-5-7-23(8-6-22)14-9-15(24)21-11-20-14/h1-4,9,11H,5-8,10H2,(H,20,21,24). The van der Waals surface area contributed by atoms with Crippen molar-refractivity contribution >= 4 is 5.82 Å². The third-order valence-electron chi connectivity index (χ3n) is 4.08. The molecule has 0 spiro atoms. The van der Waals surface area contributed by atoms with E-state index >= 15 is 0 Å². The quantitative estimate of drug-likeness (QED) is 0.931. The molecule has 0 amide bonds. The third-order valence-corrected chi connectivity index (χ3v) is 4.08. The van der Waals surface area contributed by atoms with Crippen molar-refractivity contribution in [3.63, 3.8) is 0 Å². The monoisotopic (exact) mass is 338 g/mol. The molecule has 0 unspecified atom stereocenters. The summed E-state index contributed by atoms with van der Waals surface area (Å²) in [6, 6.07) is 7.09. The highest BCUT2D eigenvalue weighted by Gasteiger charge is 2.33. The lowest BCUT2D eigenvalue weighted by molar-refractivity contribution is -0.138. The number of alkyl halides is 3. The van der Waals surface area contributed by atoms with Gasteiger partial charge in [0, 0.05) is 38.8 Å². The van der Waals surface area contributed by atoms with Crippen LogP contribution < -0.4 is 10.5 Å². The van der Waals surface area contributed by atoms with Crippen LogP contribution in [0.5, 0.6) is 0 Å². The van der Waals surface area contributed by atoms with Gasteiger partial charge in [-0.15, -0.1) is 0 Å². The van der Waals surface area contributed by atoms with Gasteiger partial charge in [0.25, 0.3) is 5.56 Å². The number of rotatable bonds is 3. The lowest BCUT2D eigenvalue weighted by Gasteiger charge is -2.35. The van der Waals surface area contributed by atoms with E-state index in [0.29, 0.717) is 32.0 Å². The predicted octanol–water partition coefficient (Wildman–Crippen LogP) is 2.11. The maximum atomic E-state index is 13.1. The first-order valence-corrected chi connectivity index (χ1v) is 7.60. The highest BCUT2D eigenvalue weighted by atomic mass is 19.4. The SMILES string of the molecule is O=c1cc(N2CCN(Cc3ccccc3C(F)(F)F)CC2)nc[nH]1. The first-order chi connectivity index (χ1) is 11.4. The molecule has 2 heterocycles.